The van der Waals surface area contributed by atoms with E-state index >= 15 is 0 Å². The molecule has 3 aromatic rings. The van der Waals surface area contributed by atoms with Crippen molar-refractivity contribution in [2.45, 2.75) is 38.0 Å². The van der Waals surface area contributed by atoms with E-state index in [9.17, 15) is 4.79 Å². The number of benzene rings is 2. The molecule has 1 heterocycles. The van der Waals surface area contributed by atoms with Crippen LogP contribution in [0.1, 0.15) is 54.3 Å². The summed E-state index contributed by atoms with van der Waals surface area (Å²) in [6.45, 7) is 0. The highest BCUT2D eigenvalue weighted by molar-refractivity contribution is 6.03. The minimum atomic E-state index is -0.313. The van der Waals surface area contributed by atoms with Crippen LogP contribution < -0.4 is 10.1 Å². The van der Waals surface area contributed by atoms with Gasteiger partial charge in [-0.3, -0.25) is 10.1 Å². The van der Waals surface area contributed by atoms with E-state index in [1.807, 2.05) is 30.3 Å². The molecule has 0 unspecified atom stereocenters. The second-order valence-electron chi connectivity index (χ2n) is 6.68. The third-order valence-electron chi connectivity index (χ3n) is 4.69. The van der Waals surface area contributed by atoms with Crippen molar-refractivity contribution < 1.29 is 13.9 Å². The molecule has 6 nitrogen and oxygen atoms in total. The molecule has 1 aromatic heterocycles. The summed E-state index contributed by atoms with van der Waals surface area (Å²) < 4.78 is 11.4. The van der Waals surface area contributed by atoms with Gasteiger partial charge in [-0.05, 0) is 43.2 Å². The van der Waals surface area contributed by atoms with Gasteiger partial charge < -0.3 is 9.15 Å². The predicted octanol–water partition coefficient (Wildman–Crippen LogP) is 5.16. The van der Waals surface area contributed by atoms with Crippen LogP contribution in [-0.2, 0) is 0 Å². The van der Waals surface area contributed by atoms with Crippen molar-refractivity contribution in [2.75, 3.05) is 5.32 Å². The number of aromatic nitrogens is 2. The van der Waals surface area contributed by atoms with Gasteiger partial charge in [0.25, 0.3) is 5.91 Å². The lowest BCUT2D eigenvalue weighted by molar-refractivity contribution is 0.102. The Hall–Kier alpha value is -3.15. The molecule has 0 aliphatic heterocycles. The molecule has 1 amide bonds. The summed E-state index contributed by atoms with van der Waals surface area (Å²) in [6, 6.07) is 16.5. The van der Waals surface area contributed by atoms with Crippen LogP contribution in [0.5, 0.6) is 11.5 Å². The third-order valence-corrected chi connectivity index (χ3v) is 4.69. The van der Waals surface area contributed by atoms with Gasteiger partial charge in [0, 0.05) is 11.5 Å². The fourth-order valence-corrected chi connectivity index (χ4v) is 3.29. The molecular formula is C21H21N3O3. The van der Waals surface area contributed by atoms with Crippen LogP contribution >= 0.6 is 0 Å². The Morgan fingerprint density at radius 3 is 2.56 bits per heavy atom. The summed E-state index contributed by atoms with van der Waals surface area (Å²) in [7, 11) is 0. The maximum absolute atomic E-state index is 12.5. The van der Waals surface area contributed by atoms with Gasteiger partial charge in [-0.1, -0.05) is 48.6 Å². The van der Waals surface area contributed by atoms with Crippen LogP contribution in [0.15, 0.2) is 59.0 Å². The summed E-state index contributed by atoms with van der Waals surface area (Å²) in [5.41, 5.74) is 0.459. The van der Waals surface area contributed by atoms with E-state index < -0.39 is 0 Å². The molecular weight excluding hydrogens is 342 g/mol. The summed E-state index contributed by atoms with van der Waals surface area (Å²) >= 11 is 0. The molecule has 0 saturated heterocycles. The van der Waals surface area contributed by atoms with Gasteiger partial charge in [-0.25, -0.2) is 0 Å². The molecule has 1 aliphatic rings. The van der Waals surface area contributed by atoms with Crippen molar-refractivity contribution >= 4 is 11.9 Å². The van der Waals surface area contributed by atoms with Gasteiger partial charge in [0.05, 0.1) is 0 Å². The van der Waals surface area contributed by atoms with Crippen LogP contribution in [0.3, 0.4) is 0 Å². The van der Waals surface area contributed by atoms with Crippen molar-refractivity contribution in [3.05, 3.63) is 66.1 Å². The van der Waals surface area contributed by atoms with E-state index in [4.69, 9.17) is 9.15 Å². The van der Waals surface area contributed by atoms with Crippen molar-refractivity contribution in [2.24, 2.45) is 0 Å². The van der Waals surface area contributed by atoms with Crippen molar-refractivity contribution in [3.8, 4) is 11.5 Å². The van der Waals surface area contributed by atoms with Gasteiger partial charge in [0.2, 0.25) is 5.89 Å². The van der Waals surface area contributed by atoms with Crippen LogP contribution in [0, 0.1) is 0 Å². The van der Waals surface area contributed by atoms with E-state index in [0.717, 1.165) is 12.8 Å². The van der Waals surface area contributed by atoms with E-state index in [0.29, 0.717) is 28.9 Å². The topological polar surface area (TPSA) is 77.3 Å². The monoisotopic (exact) mass is 363 g/mol. The minimum absolute atomic E-state index is 0.134. The zero-order valence-electron chi connectivity index (χ0n) is 14.9. The summed E-state index contributed by atoms with van der Waals surface area (Å²) in [5, 5.41) is 10.7. The lowest BCUT2D eigenvalue weighted by Crippen LogP contribution is -2.12. The standard InChI is InChI=1S/C21H21N3O3/c25-19(22-21-24-23-20(27-21)15-8-3-1-4-9-15)16-10-7-13-18(14-16)26-17-11-5-2-6-12-17/h2,5-7,10-15H,1,3-4,8-9H2,(H,22,24,25). The zero-order valence-corrected chi connectivity index (χ0v) is 14.9. The highest BCUT2D eigenvalue weighted by Gasteiger charge is 2.22. The quantitative estimate of drug-likeness (QED) is 0.677. The number of para-hydroxylation sites is 1. The van der Waals surface area contributed by atoms with E-state index in [1.165, 1.54) is 19.3 Å². The van der Waals surface area contributed by atoms with Crippen molar-refractivity contribution in [1.29, 1.82) is 0 Å². The number of nitrogens with one attached hydrogen (secondary N) is 1. The Morgan fingerprint density at radius 1 is 0.963 bits per heavy atom. The number of hydrogen-bond donors (Lipinski definition) is 1. The minimum Gasteiger partial charge on any atom is -0.457 e. The molecule has 4 rings (SSSR count). The Balaban J connectivity index is 1.42. The Labute approximate surface area is 157 Å². The third kappa shape index (κ3) is 4.34. The van der Waals surface area contributed by atoms with Crippen LogP contribution in [0.25, 0.3) is 0 Å². The molecule has 1 fully saturated rings. The average Bonchev–Trinajstić information content (AvgIpc) is 3.18. The van der Waals surface area contributed by atoms with Crippen LogP contribution in [-0.4, -0.2) is 16.1 Å². The summed E-state index contributed by atoms with van der Waals surface area (Å²) in [4.78, 5) is 12.5. The second kappa shape index (κ2) is 8.03. The number of amides is 1. The normalized spacial score (nSPS) is 14.7. The molecule has 6 heteroatoms. The first kappa shape index (κ1) is 17.3. The van der Waals surface area contributed by atoms with E-state index in [-0.39, 0.29) is 11.9 Å². The molecule has 0 spiro atoms. The molecule has 0 atom stereocenters. The average molecular weight is 363 g/mol. The molecule has 27 heavy (non-hydrogen) atoms. The number of hydrogen-bond acceptors (Lipinski definition) is 5. The van der Waals surface area contributed by atoms with Gasteiger partial charge >= 0.3 is 6.01 Å². The second-order valence-corrected chi connectivity index (χ2v) is 6.68. The van der Waals surface area contributed by atoms with Gasteiger partial charge in [-0.2, -0.15) is 0 Å². The largest absolute Gasteiger partial charge is 0.457 e. The van der Waals surface area contributed by atoms with Gasteiger partial charge in [0.15, 0.2) is 0 Å². The summed E-state index contributed by atoms with van der Waals surface area (Å²) in [5.74, 6) is 1.91. The van der Waals surface area contributed by atoms with E-state index in [2.05, 4.69) is 15.5 Å². The Morgan fingerprint density at radius 2 is 1.74 bits per heavy atom. The number of anilines is 1. The first-order valence-corrected chi connectivity index (χ1v) is 9.26. The Bertz CT molecular complexity index is 902. The fourth-order valence-electron chi connectivity index (χ4n) is 3.29. The van der Waals surface area contributed by atoms with Gasteiger partial charge in [-0.15, -0.1) is 5.10 Å². The van der Waals surface area contributed by atoms with E-state index in [1.54, 1.807) is 24.3 Å². The maximum atomic E-state index is 12.5. The molecule has 1 aliphatic carbocycles. The lowest BCUT2D eigenvalue weighted by Gasteiger charge is -2.17. The zero-order chi connectivity index (χ0) is 18.5. The first-order chi connectivity index (χ1) is 13.3. The fraction of sp³-hybridized carbons (Fsp3) is 0.286. The maximum Gasteiger partial charge on any atom is 0.322 e. The first-order valence-electron chi connectivity index (χ1n) is 9.26. The van der Waals surface area contributed by atoms with Crippen molar-refractivity contribution in [3.63, 3.8) is 0 Å². The molecule has 0 radical (unpaired) electrons. The number of ether oxygens (including phenoxy) is 1. The highest BCUT2D eigenvalue weighted by atomic mass is 16.5. The molecule has 1 N–H and O–H groups in total. The van der Waals surface area contributed by atoms with Crippen LogP contribution in [0.4, 0.5) is 6.01 Å². The Kier molecular flexibility index (Phi) is 5.14. The van der Waals surface area contributed by atoms with Gasteiger partial charge in [0.1, 0.15) is 11.5 Å². The number of carbonyl (C=O) groups is 1. The molecule has 2 aromatic carbocycles. The SMILES string of the molecule is O=C(Nc1nnc(C2CCCCC2)o1)c1cccc(Oc2ccccc2)c1. The molecule has 138 valence electrons. The lowest BCUT2D eigenvalue weighted by atomic mass is 9.89. The van der Waals surface area contributed by atoms with Crippen LogP contribution in [0.2, 0.25) is 0 Å². The molecule has 1 saturated carbocycles. The number of nitrogens with zero attached hydrogens (tertiary/aromatic N) is 2. The number of carbonyl (C=O) groups excluding carboxylic acids is 1. The summed E-state index contributed by atoms with van der Waals surface area (Å²) in [6.07, 6.45) is 5.75. The predicted molar refractivity (Wildman–Crippen MR) is 101 cm³/mol. The smallest absolute Gasteiger partial charge is 0.322 e. The molecule has 0 bridgehead atoms. The van der Waals surface area contributed by atoms with Crippen molar-refractivity contribution in [1.82, 2.24) is 10.2 Å². The highest BCUT2D eigenvalue weighted by Crippen LogP contribution is 2.32. The number of rotatable bonds is 5.